The first-order chi connectivity index (χ1) is 10.2. The molecular formula is C18H26N2O. The van der Waals surface area contributed by atoms with Gasteiger partial charge in [-0.3, -0.25) is 4.79 Å². The molecule has 1 heterocycles. The van der Waals surface area contributed by atoms with E-state index in [4.69, 9.17) is 0 Å². The minimum atomic E-state index is 0.100. The van der Waals surface area contributed by atoms with Crippen LogP contribution in [0.3, 0.4) is 0 Å². The molecular weight excluding hydrogens is 260 g/mol. The van der Waals surface area contributed by atoms with Crippen LogP contribution >= 0.6 is 0 Å². The highest BCUT2D eigenvalue weighted by molar-refractivity contribution is 5.78. The highest BCUT2D eigenvalue weighted by Gasteiger charge is 2.16. The maximum Gasteiger partial charge on any atom is 0.189 e. The number of fused-ring (bicyclic) bond motifs is 1. The van der Waals surface area contributed by atoms with E-state index in [0.717, 1.165) is 36.8 Å². The van der Waals surface area contributed by atoms with Crippen LogP contribution in [0.2, 0.25) is 0 Å². The van der Waals surface area contributed by atoms with Crippen molar-refractivity contribution in [2.24, 2.45) is 5.92 Å². The van der Waals surface area contributed by atoms with E-state index in [2.05, 4.69) is 30.7 Å². The largest absolute Gasteiger partial charge is 0.346 e. The summed E-state index contributed by atoms with van der Waals surface area (Å²) in [5.41, 5.74) is 1.13. The molecule has 2 atom stereocenters. The van der Waals surface area contributed by atoms with Crippen LogP contribution in [-0.2, 0) is 6.54 Å². The second-order valence-corrected chi connectivity index (χ2v) is 5.80. The van der Waals surface area contributed by atoms with Crippen LogP contribution in [0.4, 0.5) is 0 Å². The maximum atomic E-state index is 11.9. The number of nitrogens with one attached hydrogen (secondary N) is 1. The van der Waals surface area contributed by atoms with E-state index in [1.54, 1.807) is 6.07 Å². The Balaban J connectivity index is 2.32. The van der Waals surface area contributed by atoms with Gasteiger partial charge >= 0.3 is 0 Å². The number of hydrogen-bond acceptors (Lipinski definition) is 2. The summed E-state index contributed by atoms with van der Waals surface area (Å²) in [7, 11) is 0. The number of nitrogens with zero attached hydrogens (tertiary/aromatic N) is 1. The predicted octanol–water partition coefficient (Wildman–Crippen LogP) is 3.42. The quantitative estimate of drug-likeness (QED) is 0.846. The Kier molecular flexibility index (Phi) is 5.57. The van der Waals surface area contributed by atoms with Gasteiger partial charge in [0.1, 0.15) is 0 Å². The second kappa shape index (κ2) is 7.41. The Hall–Kier alpha value is -1.61. The molecule has 1 N–H and O–H groups in total. The zero-order chi connectivity index (χ0) is 15.2. The molecule has 0 aliphatic heterocycles. The van der Waals surface area contributed by atoms with Crippen LogP contribution in [0.5, 0.6) is 0 Å². The molecule has 0 spiro atoms. The van der Waals surface area contributed by atoms with Crippen molar-refractivity contribution in [3.05, 3.63) is 46.8 Å². The summed E-state index contributed by atoms with van der Waals surface area (Å²) in [6.45, 7) is 8.64. The summed E-state index contributed by atoms with van der Waals surface area (Å²) in [4.78, 5) is 11.9. The molecule has 1 aromatic carbocycles. The van der Waals surface area contributed by atoms with Crippen molar-refractivity contribution in [1.82, 2.24) is 9.88 Å². The fourth-order valence-corrected chi connectivity index (χ4v) is 2.69. The summed E-state index contributed by atoms with van der Waals surface area (Å²) >= 11 is 0. The molecule has 2 rings (SSSR count). The summed E-state index contributed by atoms with van der Waals surface area (Å²) in [6, 6.07) is 9.97. The van der Waals surface area contributed by atoms with Crippen LogP contribution in [0.25, 0.3) is 10.9 Å². The van der Waals surface area contributed by atoms with Crippen LogP contribution < -0.4 is 10.7 Å². The third kappa shape index (κ3) is 3.73. The fraction of sp³-hybridized carbons (Fsp3) is 0.500. The Morgan fingerprint density at radius 2 is 1.95 bits per heavy atom. The molecule has 3 nitrogen and oxygen atoms in total. The maximum absolute atomic E-state index is 11.9. The first-order valence-corrected chi connectivity index (χ1v) is 7.99. The third-order valence-electron chi connectivity index (χ3n) is 4.27. The summed E-state index contributed by atoms with van der Waals surface area (Å²) in [5.74, 6) is 0.606. The van der Waals surface area contributed by atoms with E-state index >= 15 is 0 Å². The first-order valence-electron chi connectivity index (χ1n) is 7.99. The second-order valence-electron chi connectivity index (χ2n) is 5.80. The number of benzene rings is 1. The molecule has 3 heteroatoms. The normalized spacial score (nSPS) is 14.2. The van der Waals surface area contributed by atoms with E-state index in [-0.39, 0.29) is 5.43 Å². The Bertz CT molecular complexity index is 632. The zero-order valence-corrected chi connectivity index (χ0v) is 13.3. The summed E-state index contributed by atoms with van der Waals surface area (Å²) in [5, 5.41) is 4.45. The molecule has 0 saturated carbocycles. The van der Waals surface area contributed by atoms with E-state index in [9.17, 15) is 4.79 Å². The Morgan fingerprint density at radius 1 is 1.19 bits per heavy atom. The van der Waals surface area contributed by atoms with Crippen LogP contribution in [0, 0.1) is 5.92 Å². The minimum Gasteiger partial charge on any atom is -0.346 e. The number of rotatable bonds is 7. The number of pyridine rings is 1. The van der Waals surface area contributed by atoms with Crippen molar-refractivity contribution < 1.29 is 0 Å². The smallest absolute Gasteiger partial charge is 0.189 e. The molecule has 2 unspecified atom stereocenters. The fourth-order valence-electron chi connectivity index (χ4n) is 2.69. The topological polar surface area (TPSA) is 34.0 Å². The minimum absolute atomic E-state index is 0.100. The SMILES string of the molecule is CCCNC(Cn1ccc(=O)c2ccccc21)C(C)CC. The van der Waals surface area contributed by atoms with Gasteiger partial charge in [0.2, 0.25) is 0 Å². The van der Waals surface area contributed by atoms with Gasteiger partial charge in [0.05, 0.1) is 5.52 Å². The van der Waals surface area contributed by atoms with Crippen molar-refractivity contribution in [3.8, 4) is 0 Å². The van der Waals surface area contributed by atoms with E-state index in [0.29, 0.717) is 12.0 Å². The van der Waals surface area contributed by atoms with Gasteiger partial charge in [0, 0.05) is 30.2 Å². The van der Waals surface area contributed by atoms with Gasteiger partial charge in [-0.05, 0) is 31.0 Å². The molecule has 0 radical (unpaired) electrons. The lowest BCUT2D eigenvalue weighted by Gasteiger charge is -2.26. The van der Waals surface area contributed by atoms with Crippen molar-refractivity contribution in [2.75, 3.05) is 6.54 Å². The molecule has 0 saturated heterocycles. The molecule has 2 aromatic rings. The molecule has 0 aliphatic rings. The van der Waals surface area contributed by atoms with Crippen molar-refractivity contribution >= 4 is 10.9 Å². The number of aromatic nitrogens is 1. The average molecular weight is 286 g/mol. The van der Waals surface area contributed by atoms with Crippen molar-refractivity contribution in [1.29, 1.82) is 0 Å². The number of para-hydroxylation sites is 1. The van der Waals surface area contributed by atoms with Crippen molar-refractivity contribution in [3.63, 3.8) is 0 Å². The molecule has 0 fully saturated rings. The van der Waals surface area contributed by atoms with Crippen LogP contribution in [-0.4, -0.2) is 17.2 Å². The van der Waals surface area contributed by atoms with Gasteiger partial charge in [-0.2, -0.15) is 0 Å². The highest BCUT2D eigenvalue weighted by atomic mass is 16.1. The van der Waals surface area contributed by atoms with Crippen molar-refractivity contribution in [2.45, 2.75) is 46.2 Å². The van der Waals surface area contributed by atoms with E-state index < -0.39 is 0 Å². The lowest BCUT2D eigenvalue weighted by molar-refractivity contribution is 0.332. The monoisotopic (exact) mass is 286 g/mol. The van der Waals surface area contributed by atoms with Gasteiger partial charge in [0.25, 0.3) is 0 Å². The van der Waals surface area contributed by atoms with Gasteiger partial charge in [-0.15, -0.1) is 0 Å². The molecule has 0 amide bonds. The molecule has 0 aliphatic carbocycles. The highest BCUT2D eigenvalue weighted by Crippen LogP contribution is 2.14. The summed E-state index contributed by atoms with van der Waals surface area (Å²) < 4.78 is 2.20. The van der Waals surface area contributed by atoms with Gasteiger partial charge in [-0.1, -0.05) is 39.3 Å². The van der Waals surface area contributed by atoms with Gasteiger partial charge < -0.3 is 9.88 Å². The molecule has 114 valence electrons. The lowest BCUT2D eigenvalue weighted by atomic mass is 9.98. The standard InChI is InChI=1S/C18H26N2O/c1-4-11-19-16(14(3)5-2)13-20-12-10-18(21)15-8-6-7-9-17(15)20/h6-10,12,14,16,19H,4-5,11,13H2,1-3H3. The van der Waals surface area contributed by atoms with E-state index in [1.165, 1.54) is 0 Å². The molecule has 0 bridgehead atoms. The van der Waals surface area contributed by atoms with Crippen LogP contribution in [0.1, 0.15) is 33.6 Å². The predicted molar refractivity (Wildman–Crippen MR) is 89.7 cm³/mol. The third-order valence-corrected chi connectivity index (χ3v) is 4.27. The average Bonchev–Trinajstić information content (AvgIpc) is 2.53. The van der Waals surface area contributed by atoms with Gasteiger partial charge in [-0.25, -0.2) is 0 Å². The molecule has 1 aromatic heterocycles. The number of hydrogen-bond donors (Lipinski definition) is 1. The Labute approximate surface area is 127 Å². The Morgan fingerprint density at radius 3 is 2.67 bits per heavy atom. The van der Waals surface area contributed by atoms with Crippen LogP contribution in [0.15, 0.2) is 41.3 Å². The lowest BCUT2D eigenvalue weighted by Crippen LogP contribution is -2.39. The molecule has 21 heavy (non-hydrogen) atoms. The zero-order valence-electron chi connectivity index (χ0n) is 13.3. The summed E-state index contributed by atoms with van der Waals surface area (Å²) in [6.07, 6.45) is 4.21. The van der Waals surface area contributed by atoms with E-state index in [1.807, 2.05) is 30.5 Å². The first kappa shape index (κ1) is 15.8. The van der Waals surface area contributed by atoms with Gasteiger partial charge in [0.15, 0.2) is 5.43 Å².